The van der Waals surface area contributed by atoms with Gasteiger partial charge < -0.3 is 10.6 Å². The van der Waals surface area contributed by atoms with Gasteiger partial charge in [-0.1, -0.05) is 19.8 Å². The smallest absolute Gasteiger partial charge is 0.243 e. The number of hydrogen-bond donors (Lipinski definition) is 1. The summed E-state index contributed by atoms with van der Waals surface area (Å²) >= 11 is 0. The summed E-state index contributed by atoms with van der Waals surface area (Å²) in [5, 5.41) is 0. The molecule has 4 heteroatoms. The van der Waals surface area contributed by atoms with Crippen molar-refractivity contribution in [3.05, 3.63) is 24.5 Å². The first-order valence-corrected chi connectivity index (χ1v) is 5.60. The summed E-state index contributed by atoms with van der Waals surface area (Å²) in [6.07, 6.45) is 6.11. The molecule has 0 spiro atoms. The minimum Gasteiger partial charge on any atom is -0.320 e. The molecule has 1 heterocycles. The number of amides is 1. The van der Waals surface area contributed by atoms with E-state index in [-0.39, 0.29) is 5.91 Å². The van der Waals surface area contributed by atoms with Crippen LogP contribution in [0.3, 0.4) is 0 Å². The van der Waals surface area contributed by atoms with Gasteiger partial charge in [0.05, 0.1) is 6.04 Å². The molecule has 1 amide bonds. The van der Waals surface area contributed by atoms with Crippen LogP contribution in [0, 0.1) is 0 Å². The molecule has 1 rings (SSSR count). The number of hydrogen-bond acceptors (Lipinski definition) is 3. The van der Waals surface area contributed by atoms with E-state index < -0.39 is 6.04 Å². The number of carbonyl (C=O) groups excluding carboxylic acids is 1. The first-order valence-electron chi connectivity index (χ1n) is 5.60. The lowest BCUT2D eigenvalue weighted by Gasteiger charge is -2.21. The van der Waals surface area contributed by atoms with Gasteiger partial charge in [0.1, 0.15) is 0 Å². The Labute approximate surface area is 96.5 Å². The molecule has 16 heavy (non-hydrogen) atoms. The van der Waals surface area contributed by atoms with Crippen LogP contribution in [-0.2, 0) is 4.79 Å². The van der Waals surface area contributed by atoms with Gasteiger partial charge in [-0.05, 0) is 18.6 Å². The quantitative estimate of drug-likeness (QED) is 0.821. The van der Waals surface area contributed by atoms with Gasteiger partial charge in [0.2, 0.25) is 5.91 Å². The van der Waals surface area contributed by atoms with E-state index in [0.29, 0.717) is 0 Å². The Morgan fingerprint density at radius 3 is 2.69 bits per heavy atom. The van der Waals surface area contributed by atoms with Gasteiger partial charge in [-0.2, -0.15) is 0 Å². The largest absolute Gasteiger partial charge is 0.320 e. The Hall–Kier alpha value is -1.42. The SMILES string of the molecule is CCCC[C@H](N)C(=O)N(C)c1ccncc1. The van der Waals surface area contributed by atoms with Crippen molar-refractivity contribution in [1.82, 2.24) is 4.98 Å². The van der Waals surface area contributed by atoms with Gasteiger partial charge in [-0.25, -0.2) is 0 Å². The van der Waals surface area contributed by atoms with Crippen molar-refractivity contribution in [3.63, 3.8) is 0 Å². The van der Waals surface area contributed by atoms with Crippen molar-refractivity contribution >= 4 is 11.6 Å². The Morgan fingerprint density at radius 2 is 2.12 bits per heavy atom. The van der Waals surface area contributed by atoms with Crippen LogP contribution in [0.1, 0.15) is 26.2 Å². The van der Waals surface area contributed by atoms with E-state index in [9.17, 15) is 4.79 Å². The van der Waals surface area contributed by atoms with E-state index in [1.54, 1.807) is 36.5 Å². The Morgan fingerprint density at radius 1 is 1.50 bits per heavy atom. The topological polar surface area (TPSA) is 59.2 Å². The first-order chi connectivity index (χ1) is 7.66. The van der Waals surface area contributed by atoms with Gasteiger partial charge >= 0.3 is 0 Å². The zero-order chi connectivity index (χ0) is 12.0. The lowest BCUT2D eigenvalue weighted by Crippen LogP contribution is -2.41. The fraction of sp³-hybridized carbons (Fsp3) is 0.500. The molecule has 0 aromatic carbocycles. The zero-order valence-electron chi connectivity index (χ0n) is 9.89. The average molecular weight is 221 g/mol. The average Bonchev–Trinajstić information content (AvgIpc) is 2.35. The summed E-state index contributed by atoms with van der Waals surface area (Å²) in [7, 11) is 1.74. The highest BCUT2D eigenvalue weighted by Gasteiger charge is 2.18. The second-order valence-corrected chi connectivity index (χ2v) is 3.85. The highest BCUT2D eigenvalue weighted by Crippen LogP contribution is 2.12. The number of nitrogens with two attached hydrogens (primary N) is 1. The molecular formula is C12H19N3O. The van der Waals surface area contributed by atoms with Gasteiger partial charge in [0.15, 0.2) is 0 Å². The lowest BCUT2D eigenvalue weighted by molar-refractivity contribution is -0.119. The summed E-state index contributed by atoms with van der Waals surface area (Å²) in [5.41, 5.74) is 6.66. The van der Waals surface area contributed by atoms with E-state index in [1.807, 2.05) is 0 Å². The van der Waals surface area contributed by atoms with E-state index in [1.165, 1.54) is 0 Å². The molecular weight excluding hydrogens is 202 g/mol. The van der Waals surface area contributed by atoms with Gasteiger partial charge in [0, 0.05) is 25.1 Å². The van der Waals surface area contributed by atoms with Crippen molar-refractivity contribution in [2.24, 2.45) is 5.73 Å². The number of pyridine rings is 1. The highest BCUT2D eigenvalue weighted by atomic mass is 16.2. The third-order valence-electron chi connectivity index (χ3n) is 2.57. The van der Waals surface area contributed by atoms with E-state index in [2.05, 4.69) is 11.9 Å². The molecule has 0 fully saturated rings. The number of carbonyl (C=O) groups is 1. The van der Waals surface area contributed by atoms with Gasteiger partial charge in [-0.15, -0.1) is 0 Å². The van der Waals surface area contributed by atoms with Crippen molar-refractivity contribution in [1.29, 1.82) is 0 Å². The normalized spacial score (nSPS) is 12.2. The van der Waals surface area contributed by atoms with Crippen LogP contribution in [0.15, 0.2) is 24.5 Å². The van der Waals surface area contributed by atoms with Crippen LogP contribution < -0.4 is 10.6 Å². The molecule has 1 aromatic rings. The van der Waals surface area contributed by atoms with E-state index in [4.69, 9.17) is 5.73 Å². The summed E-state index contributed by atoms with van der Waals surface area (Å²) < 4.78 is 0. The molecule has 0 aliphatic heterocycles. The summed E-state index contributed by atoms with van der Waals surface area (Å²) in [5.74, 6) is -0.0420. The Kier molecular flexibility index (Phi) is 4.92. The van der Waals surface area contributed by atoms with Crippen LogP contribution in [0.5, 0.6) is 0 Å². The number of rotatable bonds is 5. The standard InChI is InChI=1S/C12H19N3O/c1-3-4-5-11(13)12(16)15(2)10-6-8-14-9-7-10/h6-9,11H,3-5,13H2,1-2H3/t11-/m0/s1. The van der Waals surface area contributed by atoms with Crippen molar-refractivity contribution in [3.8, 4) is 0 Å². The predicted molar refractivity (Wildman–Crippen MR) is 65.1 cm³/mol. The van der Waals surface area contributed by atoms with Crippen molar-refractivity contribution < 1.29 is 4.79 Å². The number of likely N-dealkylation sites (N-methyl/N-ethyl adjacent to an activating group) is 1. The molecule has 0 radical (unpaired) electrons. The van der Waals surface area contributed by atoms with E-state index in [0.717, 1.165) is 24.9 Å². The summed E-state index contributed by atoms with van der Waals surface area (Å²) in [6, 6.07) is 3.19. The Balaban J connectivity index is 2.60. The first kappa shape index (κ1) is 12.6. The predicted octanol–water partition coefficient (Wildman–Crippen LogP) is 1.56. The maximum atomic E-state index is 11.9. The molecule has 1 atom stereocenters. The van der Waals surface area contributed by atoms with Gasteiger partial charge in [-0.3, -0.25) is 9.78 Å². The molecule has 0 unspecified atom stereocenters. The molecule has 1 aromatic heterocycles. The molecule has 4 nitrogen and oxygen atoms in total. The van der Waals surface area contributed by atoms with Crippen LogP contribution in [0.4, 0.5) is 5.69 Å². The highest BCUT2D eigenvalue weighted by molar-refractivity contribution is 5.96. The van der Waals surface area contributed by atoms with Crippen LogP contribution >= 0.6 is 0 Å². The number of aromatic nitrogens is 1. The summed E-state index contributed by atoms with van der Waals surface area (Å²) in [4.78, 5) is 17.4. The molecule has 0 saturated carbocycles. The molecule has 0 bridgehead atoms. The van der Waals surface area contributed by atoms with Crippen LogP contribution in [0.2, 0.25) is 0 Å². The minimum atomic E-state index is -0.405. The molecule has 0 saturated heterocycles. The fourth-order valence-corrected chi connectivity index (χ4v) is 1.49. The van der Waals surface area contributed by atoms with E-state index >= 15 is 0 Å². The lowest BCUT2D eigenvalue weighted by atomic mass is 10.1. The van der Waals surface area contributed by atoms with Gasteiger partial charge in [0.25, 0.3) is 0 Å². The maximum absolute atomic E-state index is 11.9. The van der Waals surface area contributed by atoms with Crippen LogP contribution in [-0.4, -0.2) is 24.0 Å². The third-order valence-corrected chi connectivity index (χ3v) is 2.57. The summed E-state index contributed by atoms with van der Waals surface area (Å²) in [6.45, 7) is 2.09. The van der Waals surface area contributed by atoms with Crippen LogP contribution in [0.25, 0.3) is 0 Å². The van der Waals surface area contributed by atoms with Crippen molar-refractivity contribution in [2.75, 3.05) is 11.9 Å². The second-order valence-electron chi connectivity index (χ2n) is 3.85. The molecule has 0 aliphatic carbocycles. The number of unbranched alkanes of at least 4 members (excludes halogenated alkanes) is 1. The third kappa shape index (κ3) is 3.31. The van der Waals surface area contributed by atoms with Crippen molar-refractivity contribution in [2.45, 2.75) is 32.2 Å². The molecule has 2 N–H and O–H groups in total. The maximum Gasteiger partial charge on any atom is 0.243 e. The fourth-order valence-electron chi connectivity index (χ4n) is 1.49. The second kappa shape index (κ2) is 6.23. The monoisotopic (exact) mass is 221 g/mol. The molecule has 88 valence electrons. The zero-order valence-corrected chi connectivity index (χ0v) is 9.89. The Bertz CT molecular complexity index is 326. The minimum absolute atomic E-state index is 0.0420. The number of anilines is 1. The number of nitrogens with zero attached hydrogens (tertiary/aromatic N) is 2. The molecule has 0 aliphatic rings.